The van der Waals surface area contributed by atoms with Crippen LogP contribution in [0.4, 0.5) is 0 Å². The number of hydrogen-bond acceptors (Lipinski definition) is 7. The van der Waals surface area contributed by atoms with Crippen LogP contribution in [0.15, 0.2) is 11.2 Å². The molecule has 1 heterocycles. The van der Waals surface area contributed by atoms with Crippen LogP contribution in [0, 0.1) is 0 Å². The molecule has 0 aliphatic heterocycles. The average Bonchev–Trinajstić information content (AvgIpc) is 2.85. The van der Waals surface area contributed by atoms with Crippen LogP contribution in [0.2, 0.25) is 0 Å². The van der Waals surface area contributed by atoms with Crippen molar-refractivity contribution in [2.75, 3.05) is 14.2 Å². The van der Waals surface area contributed by atoms with Crippen LogP contribution in [-0.4, -0.2) is 35.1 Å². The van der Waals surface area contributed by atoms with E-state index in [2.05, 4.69) is 9.97 Å². The Kier molecular flexibility index (Phi) is 4.69. The quantitative estimate of drug-likeness (QED) is 0.469. The zero-order chi connectivity index (χ0) is 14.6. The summed E-state index contributed by atoms with van der Waals surface area (Å²) in [5.41, 5.74) is 0. The maximum absolute atomic E-state index is 11.3. The lowest BCUT2D eigenvalue weighted by molar-refractivity contribution is -0.148. The summed E-state index contributed by atoms with van der Waals surface area (Å²) in [4.78, 5) is 19.3. The lowest BCUT2D eigenvalue weighted by Crippen LogP contribution is -2.27. The second kappa shape index (κ2) is 6.30. The minimum Gasteiger partial charge on any atom is -0.481 e. The summed E-state index contributed by atoms with van der Waals surface area (Å²) < 4.78 is 15.8. The lowest BCUT2D eigenvalue weighted by Gasteiger charge is -2.26. The fourth-order valence-electron chi connectivity index (χ4n) is 2.21. The molecule has 0 N–H and O–H groups in total. The number of aromatic nitrogens is 2. The molecular weight excluding hydrogens is 280 g/mol. The Labute approximate surface area is 122 Å². The number of ether oxygens (including phenoxy) is 3. The molecule has 2 rings (SSSR count). The summed E-state index contributed by atoms with van der Waals surface area (Å²) in [6.07, 6.45) is 3.67. The van der Waals surface area contributed by atoms with Gasteiger partial charge in [-0.2, -0.15) is 9.97 Å². The Morgan fingerprint density at radius 3 is 2.20 bits per heavy atom. The molecule has 1 fully saturated rings. The van der Waals surface area contributed by atoms with Gasteiger partial charge >= 0.3 is 5.97 Å². The van der Waals surface area contributed by atoms with E-state index in [1.54, 1.807) is 6.07 Å². The smallest absolute Gasteiger partial charge is 0.304 e. The molecule has 1 aromatic heterocycles. The van der Waals surface area contributed by atoms with E-state index < -0.39 is 4.93 Å². The van der Waals surface area contributed by atoms with Crippen molar-refractivity contribution >= 4 is 17.7 Å². The summed E-state index contributed by atoms with van der Waals surface area (Å²) in [5.74, 6) is 0.569. The fraction of sp³-hybridized carbons (Fsp3) is 0.615. The van der Waals surface area contributed by atoms with Crippen LogP contribution in [0.25, 0.3) is 0 Å². The molecule has 1 aliphatic carbocycles. The van der Waals surface area contributed by atoms with Crippen molar-refractivity contribution < 1.29 is 19.0 Å². The Hall–Kier alpha value is -1.50. The molecule has 7 heteroatoms. The molecule has 1 aromatic rings. The van der Waals surface area contributed by atoms with Crippen LogP contribution >= 0.6 is 11.8 Å². The topological polar surface area (TPSA) is 70.5 Å². The van der Waals surface area contributed by atoms with E-state index in [1.807, 2.05) is 0 Å². The number of esters is 1. The van der Waals surface area contributed by atoms with Gasteiger partial charge in [-0.05, 0) is 37.4 Å². The number of methoxy groups -OCH3 is 2. The van der Waals surface area contributed by atoms with E-state index in [0.29, 0.717) is 16.9 Å². The molecule has 110 valence electrons. The molecule has 0 aromatic carbocycles. The van der Waals surface area contributed by atoms with Gasteiger partial charge in [-0.1, -0.05) is 0 Å². The van der Waals surface area contributed by atoms with Gasteiger partial charge in [-0.3, -0.25) is 4.79 Å². The van der Waals surface area contributed by atoms with Gasteiger partial charge in [0.2, 0.25) is 11.8 Å². The summed E-state index contributed by atoms with van der Waals surface area (Å²) in [7, 11) is 3.07. The Balaban J connectivity index is 2.24. The highest BCUT2D eigenvalue weighted by molar-refractivity contribution is 8.00. The fourth-order valence-corrected chi connectivity index (χ4v) is 3.46. The molecule has 1 saturated carbocycles. The van der Waals surface area contributed by atoms with E-state index in [9.17, 15) is 4.79 Å². The van der Waals surface area contributed by atoms with Gasteiger partial charge in [-0.15, -0.1) is 0 Å². The number of carbonyl (C=O) groups is 1. The molecular formula is C13H18N2O4S. The predicted octanol–water partition coefficient (Wildman–Crippen LogP) is 2.42. The zero-order valence-electron chi connectivity index (χ0n) is 11.8. The van der Waals surface area contributed by atoms with E-state index in [1.165, 1.54) is 32.9 Å². The molecule has 0 saturated heterocycles. The van der Waals surface area contributed by atoms with Crippen LogP contribution in [0.1, 0.15) is 32.6 Å². The van der Waals surface area contributed by atoms with Crippen LogP contribution in [0.3, 0.4) is 0 Å². The molecule has 20 heavy (non-hydrogen) atoms. The normalized spacial score (nSPS) is 16.8. The number of carbonyl (C=O) groups excluding carboxylic acids is 1. The molecule has 6 nitrogen and oxygen atoms in total. The molecule has 0 amide bonds. The minimum atomic E-state index is -0.566. The van der Waals surface area contributed by atoms with Gasteiger partial charge in [0, 0.05) is 6.92 Å². The molecule has 0 radical (unpaired) electrons. The van der Waals surface area contributed by atoms with Crippen molar-refractivity contribution in [3.63, 3.8) is 0 Å². The molecule has 1 aliphatic rings. The monoisotopic (exact) mass is 298 g/mol. The average molecular weight is 298 g/mol. The SMILES string of the molecule is COc1cc(OC)nc(SC2(OC(C)=O)CCCC2)n1. The first-order valence-corrected chi connectivity index (χ1v) is 7.24. The third-order valence-corrected chi connectivity index (χ3v) is 4.28. The summed E-state index contributed by atoms with van der Waals surface area (Å²) in [6, 6.07) is 1.61. The Morgan fingerprint density at radius 2 is 1.75 bits per heavy atom. The standard InChI is InChI=1S/C13H18N2O4S/c1-9(16)19-13(6-4-5-7-13)20-12-14-10(17-2)8-11(15-12)18-3/h8H,4-7H2,1-3H3. The highest BCUT2D eigenvalue weighted by atomic mass is 32.2. The van der Waals surface area contributed by atoms with Crippen molar-refractivity contribution in [1.82, 2.24) is 9.97 Å². The molecule has 0 unspecified atom stereocenters. The summed E-state index contributed by atoms with van der Waals surface area (Å²) in [5, 5.41) is 0.490. The van der Waals surface area contributed by atoms with Gasteiger partial charge < -0.3 is 14.2 Å². The number of hydrogen-bond donors (Lipinski definition) is 0. The molecule has 0 spiro atoms. The lowest BCUT2D eigenvalue weighted by atomic mass is 10.3. The Morgan fingerprint density at radius 1 is 1.20 bits per heavy atom. The molecule has 0 atom stereocenters. The third kappa shape index (κ3) is 3.53. The second-order valence-corrected chi connectivity index (χ2v) is 5.86. The van der Waals surface area contributed by atoms with E-state index in [4.69, 9.17) is 14.2 Å². The van der Waals surface area contributed by atoms with Crippen molar-refractivity contribution in [2.24, 2.45) is 0 Å². The third-order valence-electron chi connectivity index (χ3n) is 3.05. The second-order valence-electron chi connectivity index (χ2n) is 4.55. The summed E-state index contributed by atoms with van der Waals surface area (Å²) >= 11 is 1.36. The van der Waals surface area contributed by atoms with E-state index >= 15 is 0 Å². The van der Waals surface area contributed by atoms with Crippen LogP contribution in [0.5, 0.6) is 11.8 Å². The number of rotatable bonds is 5. The Bertz CT molecular complexity index is 467. The van der Waals surface area contributed by atoms with Crippen molar-refractivity contribution in [2.45, 2.75) is 42.7 Å². The van der Waals surface area contributed by atoms with E-state index in [0.717, 1.165) is 25.7 Å². The first-order valence-electron chi connectivity index (χ1n) is 6.42. The van der Waals surface area contributed by atoms with Crippen LogP contribution in [-0.2, 0) is 9.53 Å². The van der Waals surface area contributed by atoms with Gasteiger partial charge in [0.15, 0.2) is 10.1 Å². The summed E-state index contributed by atoms with van der Waals surface area (Å²) in [6.45, 7) is 1.42. The molecule has 0 bridgehead atoms. The van der Waals surface area contributed by atoms with Gasteiger partial charge in [-0.25, -0.2) is 0 Å². The van der Waals surface area contributed by atoms with Crippen molar-refractivity contribution in [3.05, 3.63) is 6.07 Å². The van der Waals surface area contributed by atoms with Gasteiger partial charge in [0.05, 0.1) is 20.3 Å². The maximum Gasteiger partial charge on any atom is 0.304 e. The van der Waals surface area contributed by atoms with Crippen molar-refractivity contribution in [1.29, 1.82) is 0 Å². The zero-order valence-corrected chi connectivity index (χ0v) is 12.7. The van der Waals surface area contributed by atoms with Crippen LogP contribution < -0.4 is 9.47 Å². The highest BCUT2D eigenvalue weighted by Crippen LogP contribution is 2.45. The number of thioether (sulfide) groups is 1. The minimum absolute atomic E-state index is 0.283. The predicted molar refractivity (Wildman–Crippen MR) is 74.0 cm³/mol. The highest BCUT2D eigenvalue weighted by Gasteiger charge is 2.39. The van der Waals surface area contributed by atoms with Gasteiger partial charge in [0.1, 0.15) is 0 Å². The van der Waals surface area contributed by atoms with Crippen molar-refractivity contribution in [3.8, 4) is 11.8 Å². The first kappa shape index (κ1) is 14.9. The number of nitrogens with zero attached hydrogens (tertiary/aromatic N) is 2. The maximum atomic E-state index is 11.3. The first-order chi connectivity index (χ1) is 9.57. The van der Waals surface area contributed by atoms with E-state index in [-0.39, 0.29) is 5.97 Å². The van der Waals surface area contributed by atoms with Gasteiger partial charge in [0.25, 0.3) is 0 Å². The largest absolute Gasteiger partial charge is 0.481 e.